The van der Waals surface area contributed by atoms with Crippen molar-refractivity contribution in [1.29, 1.82) is 0 Å². The Balaban J connectivity index is 0.00000106. The molecule has 0 N–H and O–H groups in total. The molecule has 0 spiro atoms. The van der Waals surface area contributed by atoms with Gasteiger partial charge in [0.1, 0.15) is 0 Å². The van der Waals surface area contributed by atoms with Gasteiger partial charge in [0, 0.05) is 0 Å². The van der Waals surface area contributed by atoms with Crippen molar-refractivity contribution < 1.29 is 19.1 Å². The maximum absolute atomic E-state index is 11.2. The molecule has 0 aliphatic heterocycles. The highest BCUT2D eigenvalue weighted by Gasteiger charge is 2.16. The molecule has 1 rings (SSSR count). The molecule has 0 saturated heterocycles. The van der Waals surface area contributed by atoms with E-state index in [2.05, 4.69) is 9.47 Å². The highest BCUT2D eigenvalue weighted by molar-refractivity contribution is 6.02. The molecule has 0 atom stereocenters. The number of benzene rings is 1. The lowest BCUT2D eigenvalue weighted by Crippen LogP contribution is -2.11. The molecule has 1 aromatic rings. The first-order valence-electron chi connectivity index (χ1n) is 4.96. The van der Waals surface area contributed by atoms with E-state index in [1.165, 1.54) is 26.4 Å². The van der Waals surface area contributed by atoms with Crippen molar-refractivity contribution in [2.45, 2.75) is 13.8 Å². The predicted octanol–water partition coefficient (Wildman–Crippen LogP) is 2.29. The summed E-state index contributed by atoms with van der Waals surface area (Å²) in [6.45, 7) is 4.00. The summed E-state index contributed by atoms with van der Waals surface area (Å²) in [7, 11) is 2.52. The van der Waals surface area contributed by atoms with Crippen molar-refractivity contribution in [2.75, 3.05) is 14.2 Å². The molecule has 16 heavy (non-hydrogen) atoms. The number of carbonyl (C=O) groups is 2. The smallest absolute Gasteiger partial charge is 0.338 e. The quantitative estimate of drug-likeness (QED) is 0.723. The summed E-state index contributed by atoms with van der Waals surface area (Å²) in [6.07, 6.45) is 0. The molecule has 0 amide bonds. The molecule has 0 heterocycles. The zero-order valence-corrected chi connectivity index (χ0v) is 9.94. The molecule has 88 valence electrons. The van der Waals surface area contributed by atoms with Crippen molar-refractivity contribution in [3.05, 3.63) is 35.4 Å². The summed E-state index contributed by atoms with van der Waals surface area (Å²) in [5.74, 6) is -1.10. The van der Waals surface area contributed by atoms with E-state index in [-0.39, 0.29) is 11.1 Å². The first-order valence-corrected chi connectivity index (χ1v) is 4.96. The first-order chi connectivity index (χ1) is 7.70. The molecule has 0 radical (unpaired) electrons. The monoisotopic (exact) mass is 224 g/mol. The predicted molar refractivity (Wildman–Crippen MR) is 60.5 cm³/mol. The first kappa shape index (κ1) is 14.2. The van der Waals surface area contributed by atoms with Gasteiger partial charge >= 0.3 is 11.9 Å². The van der Waals surface area contributed by atoms with Crippen LogP contribution in [0.1, 0.15) is 34.6 Å². The van der Waals surface area contributed by atoms with Crippen LogP contribution in [0, 0.1) is 0 Å². The third-order valence-electron chi connectivity index (χ3n) is 1.74. The van der Waals surface area contributed by atoms with Gasteiger partial charge in [0.2, 0.25) is 0 Å². The molecule has 0 fully saturated rings. The summed E-state index contributed by atoms with van der Waals surface area (Å²) in [4.78, 5) is 22.4. The van der Waals surface area contributed by atoms with Crippen LogP contribution in [0.3, 0.4) is 0 Å². The van der Waals surface area contributed by atoms with Gasteiger partial charge in [-0.1, -0.05) is 26.0 Å². The Bertz CT molecular complexity index is 323. The molecule has 0 bridgehead atoms. The third kappa shape index (κ3) is 3.38. The van der Waals surface area contributed by atoms with Gasteiger partial charge in [-0.15, -0.1) is 0 Å². The zero-order valence-electron chi connectivity index (χ0n) is 9.94. The van der Waals surface area contributed by atoms with Crippen LogP contribution in [0.25, 0.3) is 0 Å². The normalized spacial score (nSPS) is 8.50. The topological polar surface area (TPSA) is 52.6 Å². The van der Waals surface area contributed by atoms with Crippen LogP contribution in [-0.4, -0.2) is 26.2 Å². The van der Waals surface area contributed by atoms with Crippen LogP contribution in [0.4, 0.5) is 0 Å². The van der Waals surface area contributed by atoms with E-state index in [0.717, 1.165) is 0 Å². The van der Waals surface area contributed by atoms with E-state index >= 15 is 0 Å². The standard InChI is InChI=1S/C10H10O4.C2H6/c1-13-9(11)7-5-3-4-6-8(7)10(12)14-2;1-2/h3-6H,1-2H3;1-2H3. The average Bonchev–Trinajstić information content (AvgIpc) is 2.39. The Hall–Kier alpha value is -1.84. The Labute approximate surface area is 95.2 Å². The van der Waals surface area contributed by atoms with Gasteiger partial charge in [-0.2, -0.15) is 0 Å². The summed E-state index contributed by atoms with van der Waals surface area (Å²) in [5, 5.41) is 0. The molecular weight excluding hydrogens is 208 g/mol. The maximum atomic E-state index is 11.2. The van der Waals surface area contributed by atoms with Crippen LogP contribution < -0.4 is 0 Å². The molecule has 0 aromatic heterocycles. The largest absolute Gasteiger partial charge is 0.465 e. The number of rotatable bonds is 2. The molecule has 4 heteroatoms. The number of methoxy groups -OCH3 is 2. The van der Waals surface area contributed by atoms with Crippen LogP contribution in [-0.2, 0) is 9.47 Å². The second-order valence-electron chi connectivity index (χ2n) is 2.53. The van der Waals surface area contributed by atoms with Crippen molar-refractivity contribution in [3.8, 4) is 0 Å². The highest BCUT2D eigenvalue weighted by atomic mass is 16.5. The van der Waals surface area contributed by atoms with Gasteiger partial charge in [0.25, 0.3) is 0 Å². The van der Waals surface area contributed by atoms with E-state index in [9.17, 15) is 9.59 Å². The fourth-order valence-electron chi connectivity index (χ4n) is 1.06. The van der Waals surface area contributed by atoms with E-state index in [1.54, 1.807) is 12.1 Å². The van der Waals surface area contributed by atoms with Gasteiger partial charge in [0.15, 0.2) is 0 Å². The molecular formula is C12H16O4. The van der Waals surface area contributed by atoms with E-state index < -0.39 is 11.9 Å². The molecule has 0 aliphatic rings. The van der Waals surface area contributed by atoms with Crippen LogP contribution in [0.2, 0.25) is 0 Å². The molecule has 4 nitrogen and oxygen atoms in total. The lowest BCUT2D eigenvalue weighted by Gasteiger charge is -2.04. The Morgan fingerprint density at radius 3 is 1.44 bits per heavy atom. The second-order valence-corrected chi connectivity index (χ2v) is 2.53. The van der Waals surface area contributed by atoms with E-state index in [0.29, 0.717) is 0 Å². The summed E-state index contributed by atoms with van der Waals surface area (Å²) < 4.78 is 9.05. The fourth-order valence-corrected chi connectivity index (χ4v) is 1.06. The number of hydrogen-bond acceptors (Lipinski definition) is 4. The Morgan fingerprint density at radius 1 is 0.875 bits per heavy atom. The van der Waals surface area contributed by atoms with E-state index in [1.807, 2.05) is 13.8 Å². The van der Waals surface area contributed by atoms with Crippen molar-refractivity contribution in [3.63, 3.8) is 0 Å². The summed E-state index contributed by atoms with van der Waals surface area (Å²) in [6, 6.07) is 6.33. The lowest BCUT2D eigenvalue weighted by molar-refractivity contribution is 0.0555. The van der Waals surface area contributed by atoms with Crippen molar-refractivity contribution in [2.24, 2.45) is 0 Å². The number of hydrogen-bond donors (Lipinski definition) is 0. The third-order valence-corrected chi connectivity index (χ3v) is 1.74. The lowest BCUT2D eigenvalue weighted by atomic mass is 10.1. The zero-order chi connectivity index (χ0) is 12.6. The van der Waals surface area contributed by atoms with Gasteiger partial charge in [-0.25, -0.2) is 9.59 Å². The Kier molecular flexibility index (Phi) is 6.59. The van der Waals surface area contributed by atoms with Crippen molar-refractivity contribution in [1.82, 2.24) is 0 Å². The number of ether oxygens (including phenoxy) is 2. The number of carbonyl (C=O) groups excluding carboxylic acids is 2. The summed E-state index contributed by atoms with van der Waals surface area (Å²) >= 11 is 0. The minimum absolute atomic E-state index is 0.210. The molecule has 0 aliphatic carbocycles. The van der Waals surface area contributed by atoms with Gasteiger partial charge in [-0.05, 0) is 12.1 Å². The number of esters is 2. The summed E-state index contributed by atoms with van der Waals surface area (Å²) in [5.41, 5.74) is 0.420. The maximum Gasteiger partial charge on any atom is 0.338 e. The average molecular weight is 224 g/mol. The minimum atomic E-state index is -0.550. The van der Waals surface area contributed by atoms with Gasteiger partial charge in [0.05, 0.1) is 25.3 Å². The van der Waals surface area contributed by atoms with Gasteiger partial charge in [-0.3, -0.25) is 0 Å². The fraction of sp³-hybridized carbons (Fsp3) is 0.333. The Morgan fingerprint density at radius 2 is 1.19 bits per heavy atom. The van der Waals surface area contributed by atoms with E-state index in [4.69, 9.17) is 0 Å². The minimum Gasteiger partial charge on any atom is -0.465 e. The highest BCUT2D eigenvalue weighted by Crippen LogP contribution is 2.10. The van der Waals surface area contributed by atoms with Crippen molar-refractivity contribution >= 4 is 11.9 Å². The van der Waals surface area contributed by atoms with Gasteiger partial charge < -0.3 is 9.47 Å². The molecule has 1 aromatic carbocycles. The SMILES string of the molecule is CC.COC(=O)c1ccccc1C(=O)OC. The van der Waals surface area contributed by atoms with Crippen LogP contribution in [0.15, 0.2) is 24.3 Å². The second kappa shape index (κ2) is 7.45. The molecule has 0 saturated carbocycles. The van der Waals surface area contributed by atoms with Crippen LogP contribution in [0.5, 0.6) is 0 Å². The van der Waals surface area contributed by atoms with Crippen LogP contribution >= 0.6 is 0 Å². The molecule has 0 unspecified atom stereocenters.